The Morgan fingerprint density at radius 3 is 1.57 bits per heavy atom. The molecule has 0 bridgehead atoms. The van der Waals surface area contributed by atoms with Gasteiger partial charge in [-0.2, -0.15) is 0 Å². The maximum Gasteiger partial charge on any atom is 0.158 e. The van der Waals surface area contributed by atoms with Gasteiger partial charge in [-0.15, -0.1) is 11.3 Å². The molecule has 4 nitrogen and oxygen atoms in total. The summed E-state index contributed by atoms with van der Waals surface area (Å²) in [6.07, 6.45) is 0. The molecule has 0 saturated heterocycles. The highest BCUT2D eigenvalue weighted by Crippen LogP contribution is 2.26. The van der Waals surface area contributed by atoms with Crippen LogP contribution in [0.4, 0.5) is 0 Å². The molecular weight excluding hydrogens is 320 g/mol. The molecule has 0 aliphatic carbocycles. The van der Waals surface area contributed by atoms with E-state index in [1.54, 1.807) is 23.5 Å². The van der Waals surface area contributed by atoms with Crippen molar-refractivity contribution in [1.29, 1.82) is 0 Å². The fourth-order valence-electron chi connectivity index (χ4n) is 1.64. The highest BCUT2D eigenvalue weighted by molar-refractivity contribution is 8.13. The van der Waals surface area contributed by atoms with Crippen LogP contribution in [0.1, 0.15) is 9.75 Å². The van der Waals surface area contributed by atoms with E-state index in [0.29, 0.717) is 0 Å². The van der Waals surface area contributed by atoms with E-state index in [4.69, 9.17) is 0 Å². The third kappa shape index (κ3) is 6.32. The molecular formula is C14H24N4S3. The Morgan fingerprint density at radius 1 is 0.905 bits per heavy atom. The maximum atomic E-state index is 4.28. The Balaban J connectivity index is 2.50. The molecule has 0 radical (unpaired) electrons. The molecule has 118 valence electrons. The van der Waals surface area contributed by atoms with Crippen LogP contribution in [0, 0.1) is 0 Å². The van der Waals surface area contributed by atoms with Gasteiger partial charge < -0.3 is 9.80 Å². The summed E-state index contributed by atoms with van der Waals surface area (Å²) >= 11 is 5.43. The first-order valence-electron chi connectivity index (χ1n) is 6.59. The van der Waals surface area contributed by atoms with Crippen LogP contribution in [0.25, 0.3) is 0 Å². The zero-order chi connectivity index (χ0) is 15.8. The average Bonchev–Trinajstić information content (AvgIpc) is 2.87. The molecule has 0 atom stereocenters. The molecule has 1 aromatic heterocycles. The van der Waals surface area contributed by atoms with Gasteiger partial charge in [0.15, 0.2) is 10.3 Å². The average molecular weight is 345 g/mol. The minimum Gasteiger partial charge on any atom is -0.358 e. The quantitative estimate of drug-likeness (QED) is 0.619. The maximum absolute atomic E-state index is 4.28. The summed E-state index contributed by atoms with van der Waals surface area (Å²) in [4.78, 5) is 15.4. The second kappa shape index (κ2) is 9.38. The molecule has 0 N–H and O–H groups in total. The number of hydrogen-bond donors (Lipinski definition) is 0. The van der Waals surface area contributed by atoms with Crippen LogP contribution in [0.5, 0.6) is 0 Å². The highest BCUT2D eigenvalue weighted by atomic mass is 32.2. The first-order chi connectivity index (χ1) is 9.97. The van der Waals surface area contributed by atoms with Gasteiger partial charge in [-0.05, 0) is 12.1 Å². The Morgan fingerprint density at radius 2 is 1.29 bits per heavy atom. The van der Waals surface area contributed by atoms with Crippen LogP contribution >= 0.6 is 34.9 Å². The number of hydrogen-bond acceptors (Lipinski definition) is 5. The largest absolute Gasteiger partial charge is 0.358 e. The van der Waals surface area contributed by atoms with Gasteiger partial charge >= 0.3 is 0 Å². The van der Waals surface area contributed by atoms with Crippen molar-refractivity contribution in [3.63, 3.8) is 0 Å². The second-order valence-electron chi connectivity index (χ2n) is 4.75. The number of nitrogens with zero attached hydrogens (tertiary/aromatic N) is 4. The van der Waals surface area contributed by atoms with E-state index in [1.165, 1.54) is 9.75 Å². The fourth-order valence-corrected chi connectivity index (χ4v) is 4.58. The van der Waals surface area contributed by atoms with Crippen molar-refractivity contribution >= 4 is 45.2 Å². The molecule has 21 heavy (non-hydrogen) atoms. The van der Waals surface area contributed by atoms with E-state index in [9.17, 15) is 0 Å². The number of thiophene rings is 1. The molecule has 0 spiro atoms. The van der Waals surface area contributed by atoms with Crippen LogP contribution in [0.15, 0.2) is 22.1 Å². The van der Waals surface area contributed by atoms with Gasteiger partial charge in [0.1, 0.15) is 0 Å². The molecule has 0 saturated carbocycles. The number of aliphatic imine (C=N–C) groups is 2. The van der Waals surface area contributed by atoms with Gasteiger partial charge in [-0.3, -0.25) is 9.98 Å². The van der Waals surface area contributed by atoms with Gasteiger partial charge in [0, 0.05) is 63.5 Å². The van der Waals surface area contributed by atoms with Crippen LogP contribution in [-0.2, 0) is 11.5 Å². The van der Waals surface area contributed by atoms with Crippen molar-refractivity contribution in [2.75, 3.05) is 42.3 Å². The Kier molecular flexibility index (Phi) is 8.21. The third-order valence-corrected chi connectivity index (χ3v) is 6.53. The number of amidine groups is 2. The van der Waals surface area contributed by atoms with Crippen molar-refractivity contribution in [2.24, 2.45) is 9.98 Å². The topological polar surface area (TPSA) is 31.2 Å². The van der Waals surface area contributed by atoms with Crippen LogP contribution in [0.3, 0.4) is 0 Å². The van der Waals surface area contributed by atoms with Gasteiger partial charge in [-0.1, -0.05) is 23.5 Å². The molecule has 0 aliphatic rings. The lowest BCUT2D eigenvalue weighted by atomic mass is 10.5. The van der Waals surface area contributed by atoms with Crippen molar-refractivity contribution in [1.82, 2.24) is 9.80 Å². The standard InChI is InChI=1S/C14H24N4S3/c1-15-13(17(3)4)19-9-11-7-8-12(21-11)10-20-14(16-2)18(5)6/h7-8H,9-10H2,1-6H3. The fraction of sp³-hybridized carbons (Fsp3) is 0.571. The van der Waals surface area contributed by atoms with Gasteiger partial charge in [0.2, 0.25) is 0 Å². The summed E-state index contributed by atoms with van der Waals surface area (Å²) in [6, 6.07) is 4.43. The van der Waals surface area contributed by atoms with Crippen molar-refractivity contribution in [3.05, 3.63) is 21.9 Å². The molecule has 0 aliphatic heterocycles. The lowest BCUT2D eigenvalue weighted by Crippen LogP contribution is -2.18. The van der Waals surface area contributed by atoms with E-state index in [-0.39, 0.29) is 0 Å². The lowest BCUT2D eigenvalue weighted by molar-refractivity contribution is 0.635. The molecule has 1 aromatic rings. The molecule has 1 rings (SSSR count). The summed E-state index contributed by atoms with van der Waals surface area (Å²) < 4.78 is 0. The molecule has 1 heterocycles. The molecule has 0 aromatic carbocycles. The van der Waals surface area contributed by atoms with Crippen molar-refractivity contribution < 1.29 is 0 Å². The first-order valence-corrected chi connectivity index (χ1v) is 9.38. The van der Waals surface area contributed by atoms with E-state index < -0.39 is 0 Å². The molecule has 0 unspecified atom stereocenters. The van der Waals surface area contributed by atoms with Crippen LogP contribution in [-0.4, -0.2) is 62.4 Å². The monoisotopic (exact) mass is 344 g/mol. The Hall–Kier alpha value is -0.660. The summed E-state index contributed by atoms with van der Waals surface area (Å²) in [5.41, 5.74) is 0. The summed E-state index contributed by atoms with van der Waals surface area (Å²) in [5, 5.41) is 2.12. The zero-order valence-corrected chi connectivity index (χ0v) is 16.0. The minimum atomic E-state index is 0.975. The Labute approximate surface area is 140 Å². The number of rotatable bonds is 4. The highest BCUT2D eigenvalue weighted by Gasteiger charge is 2.07. The van der Waals surface area contributed by atoms with Crippen molar-refractivity contribution in [3.8, 4) is 0 Å². The van der Waals surface area contributed by atoms with Gasteiger partial charge in [0.05, 0.1) is 0 Å². The van der Waals surface area contributed by atoms with Gasteiger partial charge in [-0.25, -0.2) is 0 Å². The first kappa shape index (κ1) is 18.4. The summed E-state index contributed by atoms with van der Waals surface area (Å²) in [5.74, 6) is 1.95. The summed E-state index contributed by atoms with van der Waals surface area (Å²) in [6.45, 7) is 0. The second-order valence-corrected chi connectivity index (χ2v) is 7.88. The van der Waals surface area contributed by atoms with E-state index in [0.717, 1.165) is 21.8 Å². The molecule has 7 heteroatoms. The number of thioether (sulfide) groups is 2. The van der Waals surface area contributed by atoms with Crippen LogP contribution in [0.2, 0.25) is 0 Å². The predicted octanol–water partition coefficient (Wildman–Crippen LogP) is 3.31. The van der Waals surface area contributed by atoms with Crippen LogP contribution < -0.4 is 0 Å². The molecule has 0 fully saturated rings. The van der Waals surface area contributed by atoms with Gasteiger partial charge in [0.25, 0.3) is 0 Å². The molecule has 0 amide bonds. The summed E-state index contributed by atoms with van der Waals surface area (Å²) in [7, 11) is 11.8. The zero-order valence-electron chi connectivity index (χ0n) is 13.6. The van der Waals surface area contributed by atoms with E-state index in [1.807, 2.05) is 53.6 Å². The van der Waals surface area contributed by atoms with E-state index in [2.05, 4.69) is 31.9 Å². The van der Waals surface area contributed by atoms with E-state index >= 15 is 0 Å². The minimum absolute atomic E-state index is 0.975. The Bertz CT molecular complexity index is 450. The van der Waals surface area contributed by atoms with Crippen molar-refractivity contribution in [2.45, 2.75) is 11.5 Å². The normalized spacial score (nSPS) is 12.7. The smallest absolute Gasteiger partial charge is 0.158 e. The predicted molar refractivity (Wildman–Crippen MR) is 101 cm³/mol. The lowest BCUT2D eigenvalue weighted by Gasteiger charge is -2.13. The SMILES string of the molecule is CN=C(SCc1ccc(CSC(=NC)N(C)C)s1)N(C)C. The third-order valence-electron chi connectivity index (χ3n) is 2.55.